The second-order valence-corrected chi connectivity index (χ2v) is 5.85. The Balaban J connectivity index is 1.61. The molecule has 1 aliphatic heterocycles. The van der Waals surface area contributed by atoms with Crippen molar-refractivity contribution in [2.75, 3.05) is 26.7 Å². The summed E-state index contributed by atoms with van der Waals surface area (Å²) in [5.41, 5.74) is 2.89. The molecule has 1 N–H and O–H groups in total. The van der Waals surface area contributed by atoms with Gasteiger partial charge < -0.3 is 10.2 Å². The van der Waals surface area contributed by atoms with Gasteiger partial charge in [-0.05, 0) is 70.4 Å². The molecule has 2 heteroatoms. The Kier molecular flexibility index (Phi) is 5.87. The van der Waals surface area contributed by atoms with Crippen LogP contribution in [0.3, 0.4) is 0 Å². The first-order valence-electron chi connectivity index (χ1n) is 7.73. The zero-order valence-electron chi connectivity index (χ0n) is 12.5. The molecule has 1 unspecified atom stereocenters. The summed E-state index contributed by atoms with van der Waals surface area (Å²) in [6, 6.07) is 9.50. The van der Waals surface area contributed by atoms with Gasteiger partial charge >= 0.3 is 0 Å². The average Bonchev–Trinajstić information content (AvgIpc) is 2.42. The van der Waals surface area contributed by atoms with E-state index in [0.29, 0.717) is 0 Å². The highest BCUT2D eigenvalue weighted by atomic mass is 15.1. The van der Waals surface area contributed by atoms with E-state index >= 15 is 0 Å². The lowest BCUT2D eigenvalue weighted by Gasteiger charge is -2.32. The summed E-state index contributed by atoms with van der Waals surface area (Å²) in [6.45, 7) is 5.74. The maximum absolute atomic E-state index is 3.60. The molecule has 106 valence electrons. The Hall–Kier alpha value is -0.860. The second-order valence-electron chi connectivity index (χ2n) is 5.85. The van der Waals surface area contributed by atoms with Crippen LogP contribution in [0, 0.1) is 6.92 Å². The van der Waals surface area contributed by atoms with E-state index in [-0.39, 0.29) is 0 Å². The minimum Gasteiger partial charge on any atom is -0.316 e. The van der Waals surface area contributed by atoms with E-state index in [9.17, 15) is 0 Å². The third kappa shape index (κ3) is 4.63. The first-order chi connectivity index (χ1) is 9.27. The maximum atomic E-state index is 3.60. The molecule has 2 rings (SSSR count). The van der Waals surface area contributed by atoms with Crippen LogP contribution in [0.5, 0.6) is 0 Å². The monoisotopic (exact) mass is 260 g/mol. The van der Waals surface area contributed by atoms with Crippen molar-refractivity contribution in [3.8, 4) is 0 Å². The van der Waals surface area contributed by atoms with Crippen LogP contribution < -0.4 is 5.32 Å². The minimum atomic E-state index is 0.805. The van der Waals surface area contributed by atoms with Gasteiger partial charge in [0.05, 0.1) is 0 Å². The van der Waals surface area contributed by atoms with E-state index in [2.05, 4.69) is 48.5 Å². The number of nitrogens with zero attached hydrogens (tertiary/aromatic N) is 1. The first-order valence-corrected chi connectivity index (χ1v) is 7.73. The molecule has 0 spiro atoms. The van der Waals surface area contributed by atoms with Gasteiger partial charge in [-0.15, -0.1) is 0 Å². The van der Waals surface area contributed by atoms with Gasteiger partial charge in [-0.3, -0.25) is 0 Å². The van der Waals surface area contributed by atoms with Gasteiger partial charge in [0, 0.05) is 6.04 Å². The number of likely N-dealkylation sites (tertiary alicyclic amines) is 1. The van der Waals surface area contributed by atoms with Gasteiger partial charge in [-0.1, -0.05) is 30.7 Å². The third-order valence-corrected chi connectivity index (χ3v) is 4.41. The fourth-order valence-electron chi connectivity index (χ4n) is 3.02. The van der Waals surface area contributed by atoms with Gasteiger partial charge in [0.1, 0.15) is 0 Å². The molecule has 1 fully saturated rings. The zero-order chi connectivity index (χ0) is 13.5. The number of nitrogens with one attached hydrogen (secondary N) is 1. The largest absolute Gasteiger partial charge is 0.316 e. The quantitative estimate of drug-likeness (QED) is 0.791. The molecule has 1 aromatic rings. The number of hydrogen-bond acceptors (Lipinski definition) is 2. The molecule has 0 amide bonds. The van der Waals surface area contributed by atoms with Crippen LogP contribution in [0.1, 0.15) is 36.8 Å². The molecule has 0 aliphatic carbocycles. The lowest BCUT2D eigenvalue weighted by molar-refractivity contribution is 0.175. The standard InChI is InChI=1S/C17H28N2/c1-15-7-3-4-8-16(15)10-12-18-13-11-17-9-5-6-14-19(17)2/h3-4,7-8,17-18H,5-6,9-14H2,1-2H3. The Labute approximate surface area is 118 Å². The van der Waals surface area contributed by atoms with Gasteiger partial charge in [-0.25, -0.2) is 0 Å². The zero-order valence-corrected chi connectivity index (χ0v) is 12.5. The number of aryl methyl sites for hydroxylation is 1. The lowest BCUT2D eigenvalue weighted by atomic mass is 10.00. The second kappa shape index (κ2) is 7.66. The molecular weight excluding hydrogens is 232 g/mol. The molecule has 0 radical (unpaired) electrons. The molecule has 1 heterocycles. The lowest BCUT2D eigenvalue weighted by Crippen LogP contribution is -2.38. The molecule has 0 saturated carbocycles. The van der Waals surface area contributed by atoms with Crippen LogP contribution in [-0.2, 0) is 6.42 Å². The average molecular weight is 260 g/mol. The van der Waals surface area contributed by atoms with E-state index in [1.165, 1.54) is 43.4 Å². The Morgan fingerprint density at radius 1 is 1.21 bits per heavy atom. The highest BCUT2D eigenvalue weighted by Crippen LogP contribution is 2.17. The summed E-state index contributed by atoms with van der Waals surface area (Å²) in [7, 11) is 2.27. The molecule has 1 atom stereocenters. The van der Waals surface area contributed by atoms with Gasteiger partial charge in [0.2, 0.25) is 0 Å². The van der Waals surface area contributed by atoms with Crippen molar-refractivity contribution in [2.24, 2.45) is 0 Å². The summed E-state index contributed by atoms with van der Waals surface area (Å²) < 4.78 is 0. The van der Waals surface area contributed by atoms with Crippen LogP contribution >= 0.6 is 0 Å². The van der Waals surface area contributed by atoms with E-state index in [1.807, 2.05) is 0 Å². The molecule has 1 saturated heterocycles. The summed E-state index contributed by atoms with van der Waals surface area (Å²) in [5.74, 6) is 0. The number of piperidine rings is 1. The molecule has 2 nitrogen and oxygen atoms in total. The normalized spacial score (nSPS) is 20.6. The first kappa shape index (κ1) is 14.5. The summed E-state index contributed by atoms with van der Waals surface area (Å²) in [6.07, 6.45) is 6.62. The predicted octanol–water partition coefficient (Wildman–Crippen LogP) is 3.00. The number of benzene rings is 1. The summed E-state index contributed by atoms with van der Waals surface area (Å²) >= 11 is 0. The minimum absolute atomic E-state index is 0.805. The van der Waals surface area contributed by atoms with Crippen LogP contribution in [0.2, 0.25) is 0 Å². The SMILES string of the molecule is Cc1ccccc1CCNCCC1CCCCN1C. The Bertz CT molecular complexity index is 375. The molecule has 1 aromatic carbocycles. The van der Waals surface area contributed by atoms with Crippen molar-refractivity contribution in [1.29, 1.82) is 0 Å². The Morgan fingerprint density at radius 2 is 2.05 bits per heavy atom. The number of rotatable bonds is 6. The van der Waals surface area contributed by atoms with E-state index in [0.717, 1.165) is 25.6 Å². The van der Waals surface area contributed by atoms with Crippen LogP contribution in [0.15, 0.2) is 24.3 Å². The highest BCUT2D eigenvalue weighted by Gasteiger charge is 2.17. The highest BCUT2D eigenvalue weighted by molar-refractivity contribution is 5.25. The van der Waals surface area contributed by atoms with Crippen molar-refractivity contribution < 1.29 is 0 Å². The molecular formula is C17H28N2. The van der Waals surface area contributed by atoms with Gasteiger partial charge in [0.25, 0.3) is 0 Å². The molecule has 0 aromatic heterocycles. The fourth-order valence-corrected chi connectivity index (χ4v) is 3.02. The maximum Gasteiger partial charge on any atom is 0.0104 e. The van der Waals surface area contributed by atoms with Crippen LogP contribution in [0.25, 0.3) is 0 Å². The fraction of sp³-hybridized carbons (Fsp3) is 0.647. The van der Waals surface area contributed by atoms with Gasteiger partial charge in [0.15, 0.2) is 0 Å². The van der Waals surface area contributed by atoms with Crippen molar-refractivity contribution in [3.63, 3.8) is 0 Å². The predicted molar refractivity (Wildman–Crippen MR) is 82.6 cm³/mol. The summed E-state index contributed by atoms with van der Waals surface area (Å²) in [5, 5.41) is 3.60. The number of hydrogen-bond donors (Lipinski definition) is 1. The van der Waals surface area contributed by atoms with Crippen molar-refractivity contribution in [2.45, 2.75) is 45.1 Å². The van der Waals surface area contributed by atoms with Crippen molar-refractivity contribution in [3.05, 3.63) is 35.4 Å². The van der Waals surface area contributed by atoms with Crippen molar-refractivity contribution in [1.82, 2.24) is 10.2 Å². The van der Waals surface area contributed by atoms with Crippen LogP contribution in [-0.4, -0.2) is 37.6 Å². The molecule has 0 bridgehead atoms. The van der Waals surface area contributed by atoms with E-state index in [4.69, 9.17) is 0 Å². The van der Waals surface area contributed by atoms with Crippen LogP contribution in [0.4, 0.5) is 0 Å². The van der Waals surface area contributed by atoms with E-state index < -0.39 is 0 Å². The molecule has 19 heavy (non-hydrogen) atoms. The third-order valence-electron chi connectivity index (χ3n) is 4.41. The Morgan fingerprint density at radius 3 is 2.84 bits per heavy atom. The van der Waals surface area contributed by atoms with Gasteiger partial charge in [-0.2, -0.15) is 0 Å². The smallest absolute Gasteiger partial charge is 0.0104 e. The topological polar surface area (TPSA) is 15.3 Å². The van der Waals surface area contributed by atoms with Crippen molar-refractivity contribution >= 4 is 0 Å². The molecule has 1 aliphatic rings. The van der Waals surface area contributed by atoms with E-state index in [1.54, 1.807) is 0 Å². The summed E-state index contributed by atoms with van der Waals surface area (Å²) in [4.78, 5) is 2.53.